The van der Waals surface area contributed by atoms with Gasteiger partial charge in [0, 0.05) is 10.4 Å². The highest BCUT2D eigenvalue weighted by molar-refractivity contribution is 7.24. The molecule has 0 aliphatic rings. The number of thiazole rings is 1. The summed E-state index contributed by atoms with van der Waals surface area (Å²) < 4.78 is 13.0. The molecular weight excluding hydrogens is 375 g/mol. The van der Waals surface area contributed by atoms with Crippen LogP contribution in [-0.2, 0) is 0 Å². The smallest absolute Gasteiger partial charge is 0.257 e. The van der Waals surface area contributed by atoms with E-state index < -0.39 is 0 Å². The number of amides is 1. The molecule has 3 heterocycles. The molecule has 0 unspecified atom stereocenters. The highest BCUT2D eigenvalue weighted by Crippen LogP contribution is 2.42. The summed E-state index contributed by atoms with van der Waals surface area (Å²) in [6.07, 6.45) is 0. The van der Waals surface area contributed by atoms with Gasteiger partial charge in [0.25, 0.3) is 5.91 Å². The molecule has 0 fully saturated rings. The number of benzene rings is 1. The molecule has 3 nitrogen and oxygen atoms in total. The number of thiophene rings is 2. The van der Waals surface area contributed by atoms with Crippen LogP contribution in [0.5, 0.6) is 0 Å². The zero-order chi connectivity index (χ0) is 17.2. The fourth-order valence-electron chi connectivity index (χ4n) is 2.30. The number of halogens is 1. The molecule has 3 aromatic heterocycles. The van der Waals surface area contributed by atoms with Crippen molar-refractivity contribution in [3.8, 4) is 20.3 Å². The molecule has 0 saturated heterocycles. The fourth-order valence-corrected chi connectivity index (χ4v) is 4.91. The second-order valence-electron chi connectivity index (χ2n) is 5.11. The largest absolute Gasteiger partial charge is 0.298 e. The van der Waals surface area contributed by atoms with Gasteiger partial charge >= 0.3 is 0 Å². The number of carbonyl (C=O) groups excluding carboxylic acids is 1. The summed E-state index contributed by atoms with van der Waals surface area (Å²) in [6.45, 7) is 0. The third kappa shape index (κ3) is 3.39. The number of aromatic nitrogens is 1. The Morgan fingerprint density at radius 3 is 2.28 bits per heavy atom. The number of nitrogens with one attached hydrogen (secondary N) is 1. The average Bonchev–Trinajstić information content (AvgIpc) is 3.36. The zero-order valence-electron chi connectivity index (χ0n) is 12.7. The number of carbonyl (C=O) groups is 1. The van der Waals surface area contributed by atoms with Gasteiger partial charge in [0.15, 0.2) is 5.13 Å². The van der Waals surface area contributed by atoms with Crippen molar-refractivity contribution in [3.63, 3.8) is 0 Å². The molecule has 7 heteroatoms. The maximum atomic E-state index is 13.0. The van der Waals surface area contributed by atoms with Gasteiger partial charge in [0.2, 0.25) is 0 Å². The van der Waals surface area contributed by atoms with Gasteiger partial charge in [0.05, 0.1) is 9.75 Å². The summed E-state index contributed by atoms with van der Waals surface area (Å²) in [5.41, 5.74) is 1.27. The van der Waals surface area contributed by atoms with E-state index in [0.29, 0.717) is 10.7 Å². The summed E-state index contributed by atoms with van der Waals surface area (Å²) in [5, 5.41) is 7.37. The van der Waals surface area contributed by atoms with Crippen LogP contribution in [0.4, 0.5) is 9.52 Å². The molecule has 0 aliphatic carbocycles. The fraction of sp³-hybridized carbons (Fsp3) is 0. The van der Waals surface area contributed by atoms with E-state index >= 15 is 0 Å². The summed E-state index contributed by atoms with van der Waals surface area (Å²) in [7, 11) is 0. The van der Waals surface area contributed by atoms with Crippen LogP contribution in [0.15, 0.2) is 59.3 Å². The van der Waals surface area contributed by atoms with Crippen molar-refractivity contribution in [1.29, 1.82) is 0 Å². The van der Waals surface area contributed by atoms with Crippen LogP contribution in [0.25, 0.3) is 20.3 Å². The standard InChI is InChI=1S/C18H11FN2OS3/c19-12-7-5-11(6-8-12)17(22)21-18-20-15(13-3-1-9-23-13)16(25-18)14-4-2-10-24-14/h1-10H,(H,20,21,22). The molecule has 0 aliphatic heterocycles. The van der Waals surface area contributed by atoms with Gasteiger partial charge < -0.3 is 0 Å². The number of rotatable bonds is 4. The molecule has 0 radical (unpaired) electrons. The maximum absolute atomic E-state index is 13.0. The minimum absolute atomic E-state index is 0.302. The van der Waals surface area contributed by atoms with Gasteiger partial charge in [-0.1, -0.05) is 23.5 Å². The van der Waals surface area contributed by atoms with Crippen LogP contribution in [0.2, 0.25) is 0 Å². The first-order valence-corrected chi connectivity index (χ1v) is 9.94. The van der Waals surface area contributed by atoms with Crippen molar-refractivity contribution in [3.05, 3.63) is 70.7 Å². The van der Waals surface area contributed by atoms with Crippen molar-refractivity contribution < 1.29 is 9.18 Å². The predicted molar refractivity (Wildman–Crippen MR) is 103 cm³/mol. The minimum Gasteiger partial charge on any atom is -0.298 e. The highest BCUT2D eigenvalue weighted by Gasteiger charge is 2.18. The minimum atomic E-state index is -0.370. The van der Waals surface area contributed by atoms with E-state index in [0.717, 1.165) is 20.3 Å². The van der Waals surface area contributed by atoms with Crippen molar-refractivity contribution in [2.24, 2.45) is 0 Å². The van der Waals surface area contributed by atoms with Gasteiger partial charge in [0.1, 0.15) is 11.5 Å². The molecule has 1 aromatic carbocycles. The van der Waals surface area contributed by atoms with Crippen LogP contribution in [0, 0.1) is 5.82 Å². The molecule has 4 aromatic rings. The first kappa shape index (κ1) is 16.1. The van der Waals surface area contributed by atoms with E-state index in [4.69, 9.17) is 0 Å². The molecule has 0 bridgehead atoms. The third-order valence-corrected chi connectivity index (χ3v) is 6.35. The van der Waals surface area contributed by atoms with Crippen molar-refractivity contribution in [1.82, 2.24) is 4.98 Å². The average molecular weight is 386 g/mol. The van der Waals surface area contributed by atoms with Gasteiger partial charge in [-0.05, 0) is 47.2 Å². The molecule has 4 rings (SSSR count). The molecule has 1 amide bonds. The Labute approximate surface area is 155 Å². The van der Waals surface area contributed by atoms with Gasteiger partial charge in [-0.25, -0.2) is 9.37 Å². The first-order valence-electron chi connectivity index (χ1n) is 7.36. The van der Waals surface area contributed by atoms with Crippen LogP contribution in [-0.4, -0.2) is 10.9 Å². The van der Waals surface area contributed by atoms with Crippen molar-refractivity contribution in [2.45, 2.75) is 0 Å². The molecule has 1 N–H and O–H groups in total. The second-order valence-corrected chi connectivity index (χ2v) is 8.01. The summed E-state index contributed by atoms with van der Waals surface area (Å²) in [5.74, 6) is -0.671. The van der Waals surface area contributed by atoms with Crippen LogP contribution >= 0.6 is 34.0 Å². The molecule has 0 saturated carbocycles. The summed E-state index contributed by atoms with van der Waals surface area (Å²) >= 11 is 4.69. The number of anilines is 1. The Balaban J connectivity index is 1.68. The zero-order valence-corrected chi connectivity index (χ0v) is 15.2. The summed E-state index contributed by atoms with van der Waals surface area (Å²) in [6, 6.07) is 13.5. The lowest BCUT2D eigenvalue weighted by atomic mass is 10.2. The van der Waals surface area contributed by atoms with Crippen LogP contribution < -0.4 is 5.32 Å². The van der Waals surface area contributed by atoms with Crippen molar-refractivity contribution in [2.75, 3.05) is 5.32 Å². The maximum Gasteiger partial charge on any atom is 0.257 e. The molecular formula is C18H11FN2OS3. The van der Waals surface area contributed by atoms with Gasteiger partial charge in [-0.2, -0.15) is 0 Å². The third-order valence-electron chi connectivity index (χ3n) is 3.45. The predicted octanol–water partition coefficient (Wildman–Crippen LogP) is 5.99. The molecule has 124 valence electrons. The molecule has 25 heavy (non-hydrogen) atoms. The highest BCUT2D eigenvalue weighted by atomic mass is 32.1. The molecule has 0 atom stereocenters. The second kappa shape index (κ2) is 6.87. The Morgan fingerprint density at radius 1 is 0.960 bits per heavy atom. The lowest BCUT2D eigenvalue weighted by Crippen LogP contribution is -2.11. The van der Waals surface area contributed by atoms with Crippen LogP contribution in [0.3, 0.4) is 0 Å². The lowest BCUT2D eigenvalue weighted by Gasteiger charge is -2.01. The van der Waals surface area contributed by atoms with Crippen LogP contribution in [0.1, 0.15) is 10.4 Å². The monoisotopic (exact) mass is 386 g/mol. The van der Waals surface area contributed by atoms with E-state index in [1.54, 1.807) is 22.7 Å². The molecule has 0 spiro atoms. The normalized spacial score (nSPS) is 10.8. The topological polar surface area (TPSA) is 42.0 Å². The van der Waals surface area contributed by atoms with E-state index in [1.165, 1.54) is 35.6 Å². The Kier molecular flexibility index (Phi) is 4.44. The van der Waals surface area contributed by atoms with Gasteiger partial charge in [-0.3, -0.25) is 10.1 Å². The SMILES string of the molecule is O=C(Nc1nc(-c2cccs2)c(-c2cccs2)s1)c1ccc(F)cc1. The Hall–Kier alpha value is -2.35. The van der Waals surface area contributed by atoms with Crippen molar-refractivity contribution >= 4 is 45.0 Å². The number of nitrogens with zero attached hydrogens (tertiary/aromatic N) is 1. The van der Waals surface area contributed by atoms with E-state index in [9.17, 15) is 9.18 Å². The summed E-state index contributed by atoms with van der Waals surface area (Å²) in [4.78, 5) is 20.2. The lowest BCUT2D eigenvalue weighted by molar-refractivity contribution is 0.102. The van der Waals surface area contributed by atoms with E-state index in [1.807, 2.05) is 35.0 Å². The van der Waals surface area contributed by atoms with Gasteiger partial charge in [-0.15, -0.1) is 22.7 Å². The van der Waals surface area contributed by atoms with E-state index in [2.05, 4.69) is 10.3 Å². The number of hydrogen-bond donors (Lipinski definition) is 1. The Bertz CT molecular complexity index is 938. The number of hydrogen-bond acceptors (Lipinski definition) is 5. The Morgan fingerprint density at radius 2 is 1.64 bits per heavy atom. The first-order chi connectivity index (χ1) is 12.2. The van der Waals surface area contributed by atoms with E-state index in [-0.39, 0.29) is 11.7 Å². The quantitative estimate of drug-likeness (QED) is 0.468.